The molecule has 0 aromatic heterocycles. The van der Waals surface area contributed by atoms with Gasteiger partial charge >= 0.3 is 6.09 Å². The lowest BCUT2D eigenvalue weighted by Gasteiger charge is -2.39. The molecule has 1 aromatic carbocycles. The molecule has 1 saturated heterocycles. The largest absolute Gasteiger partial charge is 0.444 e. The summed E-state index contributed by atoms with van der Waals surface area (Å²) in [6.45, 7) is 10.3. The van der Waals surface area contributed by atoms with E-state index >= 15 is 0 Å². The minimum Gasteiger partial charge on any atom is -0.444 e. The summed E-state index contributed by atoms with van der Waals surface area (Å²) in [7, 11) is 0. The Labute approximate surface area is 161 Å². The van der Waals surface area contributed by atoms with Crippen molar-refractivity contribution in [1.29, 1.82) is 0 Å². The minimum atomic E-state index is -0.603. The molecule has 27 heavy (non-hydrogen) atoms. The van der Waals surface area contributed by atoms with Crippen molar-refractivity contribution >= 4 is 12.0 Å². The van der Waals surface area contributed by atoms with Crippen LogP contribution in [0.3, 0.4) is 0 Å². The third-order valence-corrected chi connectivity index (χ3v) is 4.59. The number of amides is 2. The second-order valence-electron chi connectivity index (χ2n) is 8.37. The number of carbonyl (C=O) groups excluding carboxylic acids is 2. The summed E-state index contributed by atoms with van der Waals surface area (Å²) >= 11 is 0. The number of hydrogen-bond acceptors (Lipinski definition) is 3. The lowest BCUT2D eigenvalue weighted by atomic mass is 10.0. The van der Waals surface area contributed by atoms with Gasteiger partial charge in [-0.05, 0) is 71.6 Å². The molecule has 6 heteroatoms. The molecule has 1 aromatic rings. The van der Waals surface area contributed by atoms with Crippen molar-refractivity contribution in [2.24, 2.45) is 0 Å². The number of piperidine rings is 1. The first-order valence-electron chi connectivity index (χ1n) is 9.63. The fourth-order valence-corrected chi connectivity index (χ4v) is 3.22. The number of benzene rings is 1. The van der Waals surface area contributed by atoms with Crippen LogP contribution in [0.15, 0.2) is 24.3 Å². The first-order valence-corrected chi connectivity index (χ1v) is 9.63. The average molecular weight is 378 g/mol. The third kappa shape index (κ3) is 5.94. The van der Waals surface area contributed by atoms with Gasteiger partial charge in [0.15, 0.2) is 0 Å². The molecule has 0 saturated carbocycles. The maximum atomic E-state index is 13.3. The molecule has 1 atom stereocenters. The Morgan fingerprint density at radius 2 is 1.85 bits per heavy atom. The first-order chi connectivity index (χ1) is 12.6. The van der Waals surface area contributed by atoms with Crippen LogP contribution in [0.2, 0.25) is 0 Å². The van der Waals surface area contributed by atoms with Gasteiger partial charge in [-0.1, -0.05) is 12.1 Å². The second kappa shape index (κ2) is 8.72. The zero-order valence-corrected chi connectivity index (χ0v) is 17.0. The van der Waals surface area contributed by atoms with Gasteiger partial charge in [-0.25, -0.2) is 9.18 Å². The zero-order chi connectivity index (χ0) is 20.2. The maximum Gasteiger partial charge on any atom is 0.410 e. The van der Waals surface area contributed by atoms with E-state index in [9.17, 15) is 14.0 Å². The van der Waals surface area contributed by atoms with Crippen LogP contribution in [-0.4, -0.2) is 46.0 Å². The van der Waals surface area contributed by atoms with Crippen LogP contribution in [0.25, 0.3) is 0 Å². The van der Waals surface area contributed by atoms with E-state index in [0.717, 1.165) is 18.4 Å². The van der Waals surface area contributed by atoms with Gasteiger partial charge in [0.2, 0.25) is 5.91 Å². The number of likely N-dealkylation sites (tertiary alicyclic amines) is 1. The van der Waals surface area contributed by atoms with E-state index in [1.165, 1.54) is 12.1 Å². The molecule has 0 radical (unpaired) electrons. The van der Waals surface area contributed by atoms with Crippen LogP contribution in [0.5, 0.6) is 0 Å². The molecule has 1 aliphatic rings. The highest BCUT2D eigenvalue weighted by Gasteiger charge is 2.37. The summed E-state index contributed by atoms with van der Waals surface area (Å²) < 4.78 is 18.7. The lowest BCUT2D eigenvalue weighted by Crippen LogP contribution is -2.55. The van der Waals surface area contributed by atoms with E-state index in [2.05, 4.69) is 0 Å². The summed E-state index contributed by atoms with van der Waals surface area (Å²) in [6.07, 6.45) is 1.96. The number of halogens is 1. The van der Waals surface area contributed by atoms with Gasteiger partial charge in [-0.3, -0.25) is 9.69 Å². The normalized spacial score (nSPS) is 17.7. The highest BCUT2D eigenvalue weighted by molar-refractivity contribution is 5.86. The van der Waals surface area contributed by atoms with E-state index in [4.69, 9.17) is 4.74 Å². The van der Waals surface area contributed by atoms with Gasteiger partial charge in [-0.15, -0.1) is 0 Å². The van der Waals surface area contributed by atoms with Crippen LogP contribution >= 0.6 is 0 Å². The van der Waals surface area contributed by atoms with E-state index in [0.29, 0.717) is 19.5 Å². The number of carbonyl (C=O) groups is 2. The third-order valence-electron chi connectivity index (χ3n) is 4.59. The predicted molar refractivity (Wildman–Crippen MR) is 103 cm³/mol. The summed E-state index contributed by atoms with van der Waals surface area (Å²) in [5.41, 5.74) is 0.256. The molecule has 1 aliphatic heterocycles. The lowest BCUT2D eigenvalue weighted by molar-refractivity contribution is -0.140. The van der Waals surface area contributed by atoms with Gasteiger partial charge in [0.1, 0.15) is 17.5 Å². The molecule has 5 nitrogen and oxygen atoms in total. The van der Waals surface area contributed by atoms with Crippen molar-refractivity contribution in [3.05, 3.63) is 35.6 Å². The van der Waals surface area contributed by atoms with Crippen LogP contribution < -0.4 is 0 Å². The molecule has 0 bridgehead atoms. The Balaban J connectivity index is 2.18. The number of ether oxygens (including phenoxy) is 1. The van der Waals surface area contributed by atoms with E-state index in [1.807, 2.05) is 34.6 Å². The molecule has 150 valence electrons. The van der Waals surface area contributed by atoms with Gasteiger partial charge in [0.25, 0.3) is 0 Å². The molecule has 1 fully saturated rings. The maximum absolute atomic E-state index is 13.3. The average Bonchev–Trinajstić information content (AvgIpc) is 2.59. The number of nitrogens with zero attached hydrogens (tertiary/aromatic N) is 2. The molecular weight excluding hydrogens is 347 g/mol. The molecule has 2 amide bonds. The van der Waals surface area contributed by atoms with E-state index in [-0.39, 0.29) is 17.8 Å². The second-order valence-corrected chi connectivity index (χ2v) is 8.37. The highest BCUT2D eigenvalue weighted by atomic mass is 19.1. The fourth-order valence-electron chi connectivity index (χ4n) is 3.22. The Hall–Kier alpha value is -2.11. The summed E-state index contributed by atoms with van der Waals surface area (Å²) in [6, 6.07) is 5.61. The van der Waals surface area contributed by atoms with Crippen molar-refractivity contribution in [3.8, 4) is 0 Å². The molecule has 0 N–H and O–H groups in total. The quantitative estimate of drug-likeness (QED) is 0.782. The van der Waals surface area contributed by atoms with Crippen molar-refractivity contribution in [2.45, 2.75) is 78.1 Å². The smallest absolute Gasteiger partial charge is 0.410 e. The van der Waals surface area contributed by atoms with Gasteiger partial charge in [-0.2, -0.15) is 0 Å². The molecule has 0 aliphatic carbocycles. The Morgan fingerprint density at radius 1 is 1.22 bits per heavy atom. The summed E-state index contributed by atoms with van der Waals surface area (Å²) in [5, 5.41) is 0. The monoisotopic (exact) mass is 378 g/mol. The van der Waals surface area contributed by atoms with Crippen molar-refractivity contribution in [3.63, 3.8) is 0 Å². The van der Waals surface area contributed by atoms with Gasteiger partial charge < -0.3 is 9.64 Å². The Morgan fingerprint density at radius 3 is 2.41 bits per heavy atom. The molecule has 2 rings (SSSR count). The van der Waals surface area contributed by atoms with E-state index in [1.54, 1.807) is 21.9 Å². The van der Waals surface area contributed by atoms with Gasteiger partial charge in [0.05, 0.1) is 0 Å². The van der Waals surface area contributed by atoms with Crippen LogP contribution in [0, 0.1) is 5.82 Å². The SMILES string of the molecule is CC(C)N(Cc1ccc(F)cc1)C(=O)[C@@H]1CCCCN1C(=O)OC(C)(C)C. The van der Waals surface area contributed by atoms with Crippen molar-refractivity contribution in [2.75, 3.05) is 6.54 Å². The topological polar surface area (TPSA) is 49.9 Å². The Bertz CT molecular complexity index is 652. The van der Waals surface area contributed by atoms with Crippen LogP contribution in [-0.2, 0) is 16.1 Å². The number of rotatable bonds is 4. The highest BCUT2D eigenvalue weighted by Crippen LogP contribution is 2.23. The standard InChI is InChI=1S/C21H31FN2O3/c1-15(2)24(14-16-9-11-17(22)12-10-16)19(25)18-8-6-7-13-23(18)20(26)27-21(3,4)5/h9-12,15,18H,6-8,13-14H2,1-5H3/t18-/m0/s1. The zero-order valence-electron chi connectivity index (χ0n) is 17.0. The van der Waals surface area contributed by atoms with Crippen LogP contribution in [0.4, 0.5) is 9.18 Å². The first kappa shape index (κ1) is 21.2. The van der Waals surface area contributed by atoms with E-state index < -0.39 is 17.7 Å². The molecular formula is C21H31FN2O3. The molecule has 0 unspecified atom stereocenters. The molecule has 1 heterocycles. The fraction of sp³-hybridized carbons (Fsp3) is 0.619. The van der Waals surface area contributed by atoms with Crippen molar-refractivity contribution < 1.29 is 18.7 Å². The summed E-state index contributed by atoms with van der Waals surface area (Å²) in [5.74, 6) is -0.385. The number of hydrogen-bond donors (Lipinski definition) is 0. The van der Waals surface area contributed by atoms with Crippen LogP contribution in [0.1, 0.15) is 59.4 Å². The van der Waals surface area contributed by atoms with Crippen molar-refractivity contribution in [1.82, 2.24) is 9.80 Å². The summed E-state index contributed by atoms with van der Waals surface area (Å²) in [4.78, 5) is 29.2. The minimum absolute atomic E-state index is 0.0371. The Kier molecular flexibility index (Phi) is 6.84. The molecule has 0 spiro atoms. The van der Waals surface area contributed by atoms with Gasteiger partial charge in [0, 0.05) is 19.1 Å². The predicted octanol–water partition coefficient (Wildman–Crippen LogP) is 4.35.